The predicted molar refractivity (Wildman–Crippen MR) is 134 cm³/mol. The van der Waals surface area contributed by atoms with Gasteiger partial charge in [0.25, 0.3) is 5.78 Å². The topological polar surface area (TPSA) is 134 Å². The van der Waals surface area contributed by atoms with Crippen LogP contribution in [0.25, 0.3) is 0 Å². The third kappa shape index (κ3) is 19.6. The van der Waals surface area contributed by atoms with Gasteiger partial charge in [-0.2, -0.15) is 0 Å². The second kappa shape index (κ2) is 24.9. The van der Waals surface area contributed by atoms with Crippen molar-refractivity contribution in [1.29, 1.82) is 0 Å². The van der Waals surface area contributed by atoms with Gasteiger partial charge in [0, 0.05) is 5.56 Å². The zero-order chi connectivity index (χ0) is 27.5. The van der Waals surface area contributed by atoms with E-state index in [0.29, 0.717) is 91.5 Å². The normalized spacial score (nSPS) is 10.9. The molecule has 0 spiro atoms. The highest BCUT2D eigenvalue weighted by molar-refractivity contribution is 6.40. The van der Waals surface area contributed by atoms with Crippen LogP contribution in [-0.2, 0) is 52.2 Å². The van der Waals surface area contributed by atoms with Gasteiger partial charge in [-0.1, -0.05) is 30.3 Å². The number of carbonyl (C=O) groups is 3. The van der Waals surface area contributed by atoms with Gasteiger partial charge in [0.15, 0.2) is 0 Å². The molecule has 0 amide bonds. The first-order valence-corrected chi connectivity index (χ1v) is 12.5. The zero-order valence-corrected chi connectivity index (χ0v) is 22.1. The average molecular weight is 545 g/mol. The number of methoxy groups -OCH3 is 1. The second-order valence-corrected chi connectivity index (χ2v) is 7.44. The van der Waals surface area contributed by atoms with E-state index in [1.165, 1.54) is 7.11 Å². The van der Waals surface area contributed by atoms with Crippen LogP contribution < -0.4 is 0 Å². The zero-order valence-electron chi connectivity index (χ0n) is 22.1. The molecule has 1 aromatic rings. The van der Waals surface area contributed by atoms with Crippen LogP contribution in [0.2, 0.25) is 0 Å². The Morgan fingerprint density at radius 2 is 0.895 bits per heavy atom. The monoisotopic (exact) mass is 544 g/mol. The van der Waals surface area contributed by atoms with Crippen molar-refractivity contribution in [3.63, 3.8) is 0 Å². The molecule has 0 bridgehead atoms. The molecule has 12 nitrogen and oxygen atoms in total. The summed E-state index contributed by atoms with van der Waals surface area (Å²) in [5.41, 5.74) is 0.293. The maximum Gasteiger partial charge on any atom is 0.379 e. The first kappa shape index (κ1) is 33.6. The second-order valence-electron chi connectivity index (χ2n) is 7.44. The van der Waals surface area contributed by atoms with Gasteiger partial charge < -0.3 is 42.6 Å². The molecule has 1 aromatic carbocycles. The van der Waals surface area contributed by atoms with E-state index in [2.05, 4.69) is 4.74 Å². The van der Waals surface area contributed by atoms with Gasteiger partial charge in [-0.05, 0) is 0 Å². The summed E-state index contributed by atoms with van der Waals surface area (Å²) in [5, 5.41) is 0. The molecule has 0 fully saturated rings. The Bertz CT molecular complexity index is 728. The maximum absolute atomic E-state index is 11.8. The van der Waals surface area contributed by atoms with Crippen molar-refractivity contribution in [2.24, 2.45) is 0 Å². The summed E-state index contributed by atoms with van der Waals surface area (Å²) in [6.07, 6.45) is 0.235. The van der Waals surface area contributed by atoms with Crippen molar-refractivity contribution in [2.75, 3.05) is 106 Å². The Kier molecular flexibility index (Phi) is 22.0. The van der Waals surface area contributed by atoms with Gasteiger partial charge in [0.1, 0.15) is 6.61 Å². The number of esters is 2. The summed E-state index contributed by atoms with van der Waals surface area (Å²) in [6, 6.07) is 8.24. The van der Waals surface area contributed by atoms with Gasteiger partial charge in [-0.15, -0.1) is 0 Å². The lowest BCUT2D eigenvalue weighted by Crippen LogP contribution is -2.20. The minimum absolute atomic E-state index is 0.00433. The Morgan fingerprint density at radius 3 is 1.29 bits per heavy atom. The summed E-state index contributed by atoms with van der Waals surface area (Å²) < 4.78 is 46.9. The lowest BCUT2D eigenvalue weighted by atomic mass is 10.1. The van der Waals surface area contributed by atoms with Gasteiger partial charge in [0.2, 0.25) is 0 Å². The lowest BCUT2D eigenvalue weighted by Gasteiger charge is -2.08. The number of hydrogen-bond donors (Lipinski definition) is 0. The van der Waals surface area contributed by atoms with Crippen LogP contribution in [0.15, 0.2) is 30.3 Å². The first-order chi connectivity index (χ1) is 18.6. The van der Waals surface area contributed by atoms with Crippen molar-refractivity contribution in [1.82, 2.24) is 0 Å². The van der Waals surface area contributed by atoms with Crippen LogP contribution in [-0.4, -0.2) is 124 Å². The summed E-state index contributed by atoms with van der Waals surface area (Å²) in [6.45, 7) is 5.65. The molecule has 0 aromatic heterocycles. The highest BCUT2D eigenvalue weighted by atomic mass is 16.6. The third-order valence-electron chi connectivity index (χ3n) is 4.59. The summed E-state index contributed by atoms with van der Waals surface area (Å²) in [5.74, 6) is -1.87. The lowest BCUT2D eigenvalue weighted by molar-refractivity contribution is -0.142. The van der Waals surface area contributed by atoms with Crippen molar-refractivity contribution >= 4 is 17.7 Å². The molecule has 0 aliphatic carbocycles. The van der Waals surface area contributed by atoms with Crippen LogP contribution in [0, 0.1) is 0 Å². The fourth-order valence-corrected chi connectivity index (χ4v) is 2.65. The molecule has 0 N–H and O–H groups in total. The van der Waals surface area contributed by atoms with E-state index in [1.807, 2.05) is 0 Å². The van der Waals surface area contributed by atoms with Crippen LogP contribution in [0.5, 0.6) is 0 Å². The SMILES string of the molecule is COC(=O)CCOCCOCCOCCOCCOCCOCCOCCOC(=O)C(=O)c1ccccc1. The molecule has 0 unspecified atom stereocenters. The summed E-state index contributed by atoms with van der Waals surface area (Å²) >= 11 is 0. The molecule has 0 aliphatic rings. The fourth-order valence-electron chi connectivity index (χ4n) is 2.65. The first-order valence-electron chi connectivity index (χ1n) is 12.5. The van der Waals surface area contributed by atoms with E-state index in [0.717, 1.165) is 0 Å². The van der Waals surface area contributed by atoms with Crippen LogP contribution in [0.3, 0.4) is 0 Å². The average Bonchev–Trinajstić information content (AvgIpc) is 2.95. The van der Waals surface area contributed by atoms with Crippen LogP contribution in [0.1, 0.15) is 16.8 Å². The van der Waals surface area contributed by atoms with Crippen molar-refractivity contribution < 1.29 is 57.0 Å². The fraction of sp³-hybridized carbons (Fsp3) is 0.654. The Balaban J connectivity index is 1.72. The van der Waals surface area contributed by atoms with Gasteiger partial charge in [0.05, 0.1) is 106 Å². The number of ketones is 1. The van der Waals surface area contributed by atoms with Crippen molar-refractivity contribution in [2.45, 2.75) is 6.42 Å². The molecule has 0 atom stereocenters. The third-order valence-corrected chi connectivity index (χ3v) is 4.59. The number of hydrogen-bond acceptors (Lipinski definition) is 12. The van der Waals surface area contributed by atoms with Gasteiger partial charge >= 0.3 is 11.9 Å². The highest BCUT2D eigenvalue weighted by Crippen LogP contribution is 2.01. The Hall–Kier alpha value is -2.45. The van der Waals surface area contributed by atoms with E-state index in [4.69, 9.17) is 37.9 Å². The molecule has 0 saturated heterocycles. The van der Waals surface area contributed by atoms with E-state index in [-0.39, 0.29) is 25.6 Å². The summed E-state index contributed by atoms with van der Waals surface area (Å²) in [4.78, 5) is 34.4. The molecule has 38 heavy (non-hydrogen) atoms. The number of rotatable bonds is 26. The van der Waals surface area contributed by atoms with Crippen molar-refractivity contribution in [3.05, 3.63) is 35.9 Å². The van der Waals surface area contributed by atoms with Crippen LogP contribution in [0.4, 0.5) is 0 Å². The highest BCUT2D eigenvalue weighted by Gasteiger charge is 2.17. The minimum Gasteiger partial charge on any atom is -0.469 e. The van der Waals surface area contributed by atoms with Gasteiger partial charge in [-0.25, -0.2) is 4.79 Å². The molecular weight excluding hydrogens is 504 g/mol. The van der Waals surface area contributed by atoms with E-state index in [1.54, 1.807) is 30.3 Å². The number of carbonyl (C=O) groups excluding carboxylic acids is 3. The molecule has 12 heteroatoms. The maximum atomic E-state index is 11.8. The smallest absolute Gasteiger partial charge is 0.379 e. The molecule has 216 valence electrons. The van der Waals surface area contributed by atoms with Crippen molar-refractivity contribution in [3.8, 4) is 0 Å². The van der Waals surface area contributed by atoms with Crippen LogP contribution >= 0.6 is 0 Å². The largest absolute Gasteiger partial charge is 0.469 e. The Labute approximate surface area is 223 Å². The molecule has 1 rings (SSSR count). The van der Waals surface area contributed by atoms with E-state index >= 15 is 0 Å². The van der Waals surface area contributed by atoms with E-state index < -0.39 is 11.8 Å². The molecule has 0 radical (unpaired) electrons. The quantitative estimate of drug-likeness (QED) is 0.0715. The van der Waals surface area contributed by atoms with E-state index in [9.17, 15) is 14.4 Å². The predicted octanol–water partition coefficient (Wildman–Crippen LogP) is 1.09. The number of Topliss-reactive ketones (excluding diaryl/α,β-unsaturated/α-hetero) is 1. The number of benzene rings is 1. The molecule has 0 heterocycles. The molecular formula is C26H40O12. The minimum atomic E-state index is -0.900. The van der Waals surface area contributed by atoms with Gasteiger partial charge in [-0.3, -0.25) is 9.59 Å². The molecule has 0 aliphatic heterocycles. The summed E-state index contributed by atoms with van der Waals surface area (Å²) in [7, 11) is 1.34. The molecule has 0 saturated carbocycles. The number of ether oxygens (including phenoxy) is 9. The standard InChI is InChI=1S/C26H40O12/c1-30-24(27)7-8-31-9-10-32-11-12-33-13-14-34-15-16-35-17-18-36-19-20-37-21-22-38-26(29)25(28)23-5-3-2-4-6-23/h2-6H,7-22H2,1H3. The Morgan fingerprint density at radius 1 is 0.526 bits per heavy atom.